The summed E-state index contributed by atoms with van der Waals surface area (Å²) in [4.78, 5) is 1.87. The molecule has 0 heterocycles. The molecule has 0 aliphatic heterocycles. The monoisotopic (exact) mass is 294 g/mol. The highest BCUT2D eigenvalue weighted by Gasteiger charge is 2.21. The Morgan fingerprint density at radius 2 is 1.83 bits per heavy atom. The first kappa shape index (κ1) is 15.4. The zero-order valence-corrected chi connectivity index (χ0v) is 12.1. The van der Waals surface area contributed by atoms with Crippen molar-refractivity contribution in [3.05, 3.63) is 29.0 Å². The van der Waals surface area contributed by atoms with Crippen LogP contribution in [0.5, 0.6) is 0 Å². The highest BCUT2D eigenvalue weighted by molar-refractivity contribution is 7.89. The summed E-state index contributed by atoms with van der Waals surface area (Å²) in [6, 6.07) is 3.39. The van der Waals surface area contributed by atoms with Crippen molar-refractivity contribution >= 4 is 21.6 Å². The third-order valence-electron chi connectivity index (χ3n) is 2.46. The van der Waals surface area contributed by atoms with Gasteiger partial charge in [0.25, 0.3) is 0 Å². The number of nitrogens with zero attached hydrogens (tertiary/aromatic N) is 2. The summed E-state index contributed by atoms with van der Waals surface area (Å²) in [5.41, 5.74) is 0. The second-order valence-corrected chi connectivity index (χ2v) is 6.66. The minimum Gasteiger partial charge on any atom is -0.308 e. The number of hydrogen-bond acceptors (Lipinski definition) is 3. The molecule has 0 N–H and O–H groups in total. The van der Waals surface area contributed by atoms with Crippen LogP contribution in [0.25, 0.3) is 0 Å². The molecular formula is C11H16ClFN2O2S. The van der Waals surface area contributed by atoms with Crippen LogP contribution in [0.2, 0.25) is 5.02 Å². The predicted octanol–water partition coefficient (Wildman–Crippen LogP) is 1.66. The van der Waals surface area contributed by atoms with Crippen molar-refractivity contribution < 1.29 is 12.8 Å². The van der Waals surface area contributed by atoms with Crippen LogP contribution in [-0.4, -0.2) is 51.9 Å². The number of benzene rings is 1. The molecule has 0 saturated heterocycles. The zero-order valence-electron chi connectivity index (χ0n) is 10.5. The minimum absolute atomic E-state index is 0.00449. The third kappa shape index (κ3) is 3.65. The summed E-state index contributed by atoms with van der Waals surface area (Å²) in [6.07, 6.45) is 0. The van der Waals surface area contributed by atoms with Crippen molar-refractivity contribution in [2.45, 2.75) is 4.90 Å². The van der Waals surface area contributed by atoms with Gasteiger partial charge >= 0.3 is 0 Å². The van der Waals surface area contributed by atoms with Gasteiger partial charge in [0, 0.05) is 20.1 Å². The van der Waals surface area contributed by atoms with E-state index in [0.29, 0.717) is 13.1 Å². The molecule has 0 bridgehead atoms. The fourth-order valence-corrected chi connectivity index (χ4v) is 2.71. The molecule has 18 heavy (non-hydrogen) atoms. The quantitative estimate of drug-likeness (QED) is 0.829. The number of halogens is 2. The van der Waals surface area contributed by atoms with Crippen molar-refractivity contribution in [3.8, 4) is 0 Å². The first-order chi connectivity index (χ1) is 8.25. The van der Waals surface area contributed by atoms with Gasteiger partial charge in [0.1, 0.15) is 5.82 Å². The summed E-state index contributed by atoms with van der Waals surface area (Å²) in [5, 5.41) is -0.197. The highest BCUT2D eigenvalue weighted by Crippen LogP contribution is 2.21. The molecule has 4 nitrogen and oxygen atoms in total. The van der Waals surface area contributed by atoms with E-state index in [1.54, 1.807) is 0 Å². The SMILES string of the molecule is CN(C)CCN(C)S(=O)(=O)c1ccc(F)c(Cl)c1. The van der Waals surface area contributed by atoms with Crippen LogP contribution in [0.3, 0.4) is 0 Å². The average Bonchev–Trinajstić information content (AvgIpc) is 2.29. The van der Waals surface area contributed by atoms with Crippen LogP contribution in [-0.2, 0) is 10.0 Å². The molecule has 7 heteroatoms. The van der Waals surface area contributed by atoms with Crippen LogP contribution in [0, 0.1) is 5.82 Å². The number of sulfonamides is 1. The molecule has 1 aromatic rings. The molecule has 0 aliphatic rings. The van der Waals surface area contributed by atoms with Crippen LogP contribution < -0.4 is 0 Å². The molecule has 0 amide bonds. The van der Waals surface area contributed by atoms with Crippen molar-refractivity contribution in [3.63, 3.8) is 0 Å². The van der Waals surface area contributed by atoms with E-state index in [0.717, 1.165) is 12.1 Å². The molecular weight excluding hydrogens is 279 g/mol. The fourth-order valence-electron chi connectivity index (χ4n) is 1.28. The van der Waals surface area contributed by atoms with Gasteiger partial charge in [0.2, 0.25) is 10.0 Å². The van der Waals surface area contributed by atoms with Crippen molar-refractivity contribution in [1.29, 1.82) is 0 Å². The maximum absolute atomic E-state index is 13.0. The van der Waals surface area contributed by atoms with Gasteiger partial charge in [-0.05, 0) is 32.3 Å². The first-order valence-corrected chi connectivity index (χ1v) is 7.13. The Morgan fingerprint density at radius 3 is 2.33 bits per heavy atom. The van der Waals surface area contributed by atoms with E-state index in [1.165, 1.54) is 17.4 Å². The summed E-state index contributed by atoms with van der Waals surface area (Å²) in [7, 11) is 1.58. The first-order valence-electron chi connectivity index (χ1n) is 5.31. The lowest BCUT2D eigenvalue weighted by Gasteiger charge is -2.19. The Bertz CT molecular complexity index is 520. The standard InChI is InChI=1S/C11H16ClFN2O2S/c1-14(2)6-7-15(3)18(16,17)9-4-5-11(13)10(12)8-9/h4-5,8H,6-7H2,1-3H3. The van der Waals surface area contributed by atoms with Crippen molar-refractivity contribution in [2.24, 2.45) is 0 Å². The van der Waals surface area contributed by atoms with Gasteiger partial charge in [-0.3, -0.25) is 0 Å². The lowest BCUT2D eigenvalue weighted by atomic mass is 10.3. The van der Waals surface area contributed by atoms with Gasteiger partial charge < -0.3 is 4.90 Å². The van der Waals surface area contributed by atoms with E-state index in [4.69, 9.17) is 11.6 Å². The van der Waals surface area contributed by atoms with Gasteiger partial charge in [-0.1, -0.05) is 11.6 Å². The van der Waals surface area contributed by atoms with Crippen LogP contribution in [0.1, 0.15) is 0 Å². The van der Waals surface area contributed by atoms with E-state index >= 15 is 0 Å². The van der Waals surface area contributed by atoms with Gasteiger partial charge in [-0.15, -0.1) is 0 Å². The Balaban J connectivity index is 2.95. The summed E-state index contributed by atoms with van der Waals surface area (Å²) < 4.78 is 38.5. The lowest BCUT2D eigenvalue weighted by Crippen LogP contribution is -2.33. The summed E-state index contributed by atoms with van der Waals surface area (Å²) in [5.74, 6) is -0.633. The number of likely N-dealkylation sites (N-methyl/N-ethyl adjacent to an activating group) is 2. The fraction of sp³-hybridized carbons (Fsp3) is 0.455. The van der Waals surface area contributed by atoms with Crippen LogP contribution >= 0.6 is 11.6 Å². The Kier molecular flexibility index (Phi) is 5.10. The molecule has 0 spiro atoms. The Labute approximate surface area is 112 Å². The maximum Gasteiger partial charge on any atom is 0.242 e. The van der Waals surface area contributed by atoms with Crippen molar-refractivity contribution in [1.82, 2.24) is 9.21 Å². The van der Waals surface area contributed by atoms with E-state index < -0.39 is 15.8 Å². The molecule has 1 rings (SSSR count). The Hall–Kier alpha value is -0.690. The zero-order chi connectivity index (χ0) is 13.9. The van der Waals surface area contributed by atoms with Gasteiger partial charge in [-0.2, -0.15) is 4.31 Å². The van der Waals surface area contributed by atoms with Crippen LogP contribution in [0.15, 0.2) is 23.1 Å². The highest BCUT2D eigenvalue weighted by atomic mass is 35.5. The van der Waals surface area contributed by atoms with Crippen molar-refractivity contribution in [2.75, 3.05) is 34.2 Å². The summed E-state index contributed by atoms with van der Waals surface area (Å²) in [6.45, 7) is 0.953. The molecule has 0 atom stereocenters. The normalized spacial score (nSPS) is 12.4. The molecule has 0 fully saturated rings. The van der Waals surface area contributed by atoms with Gasteiger partial charge in [0.05, 0.1) is 9.92 Å². The van der Waals surface area contributed by atoms with E-state index in [1.807, 2.05) is 19.0 Å². The van der Waals surface area contributed by atoms with E-state index in [9.17, 15) is 12.8 Å². The topological polar surface area (TPSA) is 40.6 Å². The maximum atomic E-state index is 13.0. The number of hydrogen-bond donors (Lipinski definition) is 0. The lowest BCUT2D eigenvalue weighted by molar-refractivity contribution is 0.358. The molecule has 102 valence electrons. The Morgan fingerprint density at radius 1 is 1.22 bits per heavy atom. The average molecular weight is 295 g/mol. The molecule has 0 aliphatic carbocycles. The molecule has 0 saturated carbocycles. The third-order valence-corrected chi connectivity index (χ3v) is 4.60. The summed E-state index contributed by atoms with van der Waals surface area (Å²) >= 11 is 5.59. The predicted molar refractivity (Wildman–Crippen MR) is 69.8 cm³/mol. The molecule has 0 aromatic heterocycles. The molecule has 0 radical (unpaired) electrons. The number of rotatable bonds is 5. The van der Waals surface area contributed by atoms with E-state index in [-0.39, 0.29) is 9.92 Å². The van der Waals surface area contributed by atoms with Crippen LogP contribution in [0.4, 0.5) is 4.39 Å². The van der Waals surface area contributed by atoms with Gasteiger partial charge in [-0.25, -0.2) is 12.8 Å². The second kappa shape index (κ2) is 5.97. The van der Waals surface area contributed by atoms with Gasteiger partial charge in [0.15, 0.2) is 0 Å². The largest absolute Gasteiger partial charge is 0.308 e. The smallest absolute Gasteiger partial charge is 0.242 e. The molecule has 1 aromatic carbocycles. The minimum atomic E-state index is -3.62. The van der Waals surface area contributed by atoms with E-state index in [2.05, 4.69) is 0 Å². The molecule has 0 unspecified atom stereocenters. The second-order valence-electron chi connectivity index (χ2n) is 4.21.